The van der Waals surface area contributed by atoms with Crippen LogP contribution in [-0.2, 0) is 9.59 Å². The zero-order valence-corrected chi connectivity index (χ0v) is 16.3. The van der Waals surface area contributed by atoms with Crippen LogP contribution in [0.4, 0.5) is 10.1 Å². The Morgan fingerprint density at radius 2 is 1.90 bits per heavy atom. The number of halogens is 1. The molecule has 1 fully saturated rings. The fraction of sp³-hybridized carbons (Fsp3) is 0.350. The first-order chi connectivity index (χ1) is 13.9. The first kappa shape index (κ1) is 22.1. The summed E-state index contributed by atoms with van der Waals surface area (Å²) in [6.45, 7) is 5.00. The largest absolute Gasteiger partial charge is 0.483 e. The number of aromatic nitrogens is 1. The number of rotatable bonds is 4. The Bertz CT molecular complexity index is 828. The minimum atomic E-state index is -0.455. The molecular weight excluding hydrogens is 379 g/mol. The lowest BCUT2D eigenvalue weighted by atomic mass is 10.0. The van der Waals surface area contributed by atoms with Crippen molar-refractivity contribution in [3.63, 3.8) is 0 Å². The SMILES string of the molecule is C[C@@H]1[C@H](C)N(CC(=O)Nc2ccccc2F)CCN1C(=O)c1ccc[nH]1.O=CO. The van der Waals surface area contributed by atoms with Gasteiger partial charge in [-0.15, -0.1) is 0 Å². The maximum atomic E-state index is 13.7. The molecule has 2 aromatic rings. The van der Waals surface area contributed by atoms with Gasteiger partial charge in [-0.05, 0) is 38.1 Å². The molecule has 1 aromatic carbocycles. The molecule has 1 aliphatic heterocycles. The fourth-order valence-electron chi connectivity index (χ4n) is 3.27. The number of anilines is 1. The van der Waals surface area contributed by atoms with Crippen molar-refractivity contribution < 1.29 is 23.9 Å². The number of H-pyrrole nitrogens is 1. The number of carbonyl (C=O) groups excluding carboxylic acids is 2. The Kier molecular flexibility index (Phi) is 7.90. The molecule has 0 radical (unpaired) electrons. The number of hydrogen-bond acceptors (Lipinski definition) is 4. The van der Waals surface area contributed by atoms with Gasteiger partial charge in [0.2, 0.25) is 5.91 Å². The van der Waals surface area contributed by atoms with E-state index in [4.69, 9.17) is 9.90 Å². The maximum Gasteiger partial charge on any atom is 0.290 e. The highest BCUT2D eigenvalue weighted by atomic mass is 19.1. The number of para-hydroxylation sites is 1. The average Bonchev–Trinajstić information content (AvgIpc) is 3.22. The van der Waals surface area contributed by atoms with Crippen molar-refractivity contribution in [3.8, 4) is 0 Å². The van der Waals surface area contributed by atoms with Crippen LogP contribution in [0, 0.1) is 5.82 Å². The lowest BCUT2D eigenvalue weighted by Crippen LogP contribution is -2.60. The first-order valence-electron chi connectivity index (χ1n) is 9.19. The molecule has 1 aromatic heterocycles. The second kappa shape index (κ2) is 10.4. The number of nitrogens with zero attached hydrogens (tertiary/aromatic N) is 2. The molecule has 0 saturated carbocycles. The summed E-state index contributed by atoms with van der Waals surface area (Å²) in [6.07, 6.45) is 1.73. The predicted octanol–water partition coefficient (Wildman–Crippen LogP) is 2.03. The molecular formula is C20H25FN4O4. The molecule has 0 bridgehead atoms. The van der Waals surface area contributed by atoms with E-state index in [2.05, 4.69) is 10.3 Å². The van der Waals surface area contributed by atoms with Crippen LogP contribution < -0.4 is 5.32 Å². The zero-order chi connectivity index (χ0) is 21.4. The minimum Gasteiger partial charge on any atom is -0.483 e. The van der Waals surface area contributed by atoms with E-state index in [-0.39, 0.29) is 42.6 Å². The summed E-state index contributed by atoms with van der Waals surface area (Å²) in [5.74, 6) is -0.758. The monoisotopic (exact) mass is 404 g/mol. The number of carboxylic acid groups (broad SMARTS) is 1. The molecule has 2 amide bonds. The lowest BCUT2D eigenvalue weighted by Gasteiger charge is -2.44. The van der Waals surface area contributed by atoms with Crippen LogP contribution in [0.1, 0.15) is 24.3 Å². The average molecular weight is 404 g/mol. The summed E-state index contributed by atoms with van der Waals surface area (Å²) >= 11 is 0. The molecule has 1 aliphatic rings. The third-order valence-corrected chi connectivity index (χ3v) is 4.98. The Morgan fingerprint density at radius 1 is 1.21 bits per heavy atom. The number of hydrogen-bond donors (Lipinski definition) is 3. The van der Waals surface area contributed by atoms with Crippen molar-refractivity contribution in [1.82, 2.24) is 14.8 Å². The summed E-state index contributed by atoms with van der Waals surface area (Å²) in [6, 6.07) is 9.62. The molecule has 9 heteroatoms. The summed E-state index contributed by atoms with van der Waals surface area (Å²) < 4.78 is 13.7. The molecule has 0 unspecified atom stereocenters. The smallest absolute Gasteiger partial charge is 0.290 e. The van der Waals surface area contributed by atoms with E-state index in [1.165, 1.54) is 12.1 Å². The third kappa shape index (κ3) is 5.64. The van der Waals surface area contributed by atoms with Crippen LogP contribution in [0.5, 0.6) is 0 Å². The Balaban J connectivity index is 0.000000941. The summed E-state index contributed by atoms with van der Waals surface area (Å²) in [7, 11) is 0. The summed E-state index contributed by atoms with van der Waals surface area (Å²) in [5, 5.41) is 9.50. The second-order valence-electron chi connectivity index (χ2n) is 6.67. The molecule has 156 valence electrons. The highest BCUT2D eigenvalue weighted by Crippen LogP contribution is 2.19. The van der Waals surface area contributed by atoms with Gasteiger partial charge in [-0.25, -0.2) is 4.39 Å². The molecule has 2 atom stereocenters. The molecule has 0 aliphatic carbocycles. The van der Waals surface area contributed by atoms with Gasteiger partial charge < -0.3 is 20.3 Å². The molecule has 8 nitrogen and oxygen atoms in total. The topological polar surface area (TPSA) is 106 Å². The van der Waals surface area contributed by atoms with Crippen molar-refractivity contribution in [1.29, 1.82) is 0 Å². The van der Waals surface area contributed by atoms with E-state index in [1.54, 1.807) is 30.5 Å². The predicted molar refractivity (Wildman–Crippen MR) is 106 cm³/mol. The van der Waals surface area contributed by atoms with Gasteiger partial charge in [-0.1, -0.05) is 12.1 Å². The van der Waals surface area contributed by atoms with Gasteiger partial charge in [0.05, 0.1) is 12.2 Å². The van der Waals surface area contributed by atoms with Gasteiger partial charge in [0.15, 0.2) is 0 Å². The van der Waals surface area contributed by atoms with E-state index in [0.717, 1.165) is 0 Å². The Morgan fingerprint density at radius 3 is 2.52 bits per heavy atom. The normalized spacial score (nSPS) is 19.1. The minimum absolute atomic E-state index is 0.00836. The van der Waals surface area contributed by atoms with Crippen molar-refractivity contribution >= 4 is 24.0 Å². The molecule has 1 saturated heterocycles. The molecule has 3 N–H and O–H groups in total. The van der Waals surface area contributed by atoms with E-state index in [9.17, 15) is 14.0 Å². The van der Waals surface area contributed by atoms with E-state index in [0.29, 0.717) is 18.8 Å². The quantitative estimate of drug-likeness (QED) is 0.676. The van der Waals surface area contributed by atoms with Gasteiger partial charge in [0, 0.05) is 31.4 Å². The summed E-state index contributed by atoms with van der Waals surface area (Å²) in [4.78, 5) is 40.0. The molecule has 0 spiro atoms. The van der Waals surface area contributed by atoms with Crippen LogP contribution in [0.25, 0.3) is 0 Å². The lowest BCUT2D eigenvalue weighted by molar-refractivity contribution is -0.123. The number of amides is 2. The third-order valence-electron chi connectivity index (χ3n) is 4.98. The van der Waals surface area contributed by atoms with Crippen molar-refractivity contribution in [3.05, 3.63) is 54.1 Å². The van der Waals surface area contributed by atoms with Gasteiger partial charge in [-0.3, -0.25) is 19.3 Å². The van der Waals surface area contributed by atoms with E-state index >= 15 is 0 Å². The van der Waals surface area contributed by atoms with Crippen molar-refractivity contribution in [2.45, 2.75) is 25.9 Å². The van der Waals surface area contributed by atoms with Gasteiger partial charge in [-0.2, -0.15) is 0 Å². The Labute approximate surface area is 168 Å². The van der Waals surface area contributed by atoms with Gasteiger partial charge in [0.25, 0.3) is 12.4 Å². The van der Waals surface area contributed by atoms with Crippen LogP contribution >= 0.6 is 0 Å². The highest BCUT2D eigenvalue weighted by Gasteiger charge is 2.34. The van der Waals surface area contributed by atoms with Gasteiger partial charge in [0.1, 0.15) is 11.5 Å². The van der Waals surface area contributed by atoms with Crippen LogP contribution in [0.15, 0.2) is 42.6 Å². The standard InChI is InChI=1S/C19H23FN4O2.CH2O2/c1-13-14(2)24(19(26)17-8-5-9-21-17)11-10-23(13)12-18(25)22-16-7-4-3-6-15(16)20;2-1-3/h3-9,13-14,21H,10-12H2,1-2H3,(H,22,25);1H,(H,2,3)/t13-,14+;/m0./s1. The first-order valence-corrected chi connectivity index (χ1v) is 9.19. The van der Waals surface area contributed by atoms with Crippen LogP contribution in [0.3, 0.4) is 0 Å². The number of nitrogens with one attached hydrogen (secondary N) is 2. The molecule has 2 heterocycles. The number of aromatic amines is 1. The fourth-order valence-corrected chi connectivity index (χ4v) is 3.27. The highest BCUT2D eigenvalue weighted by molar-refractivity contribution is 5.93. The van der Waals surface area contributed by atoms with E-state index < -0.39 is 5.82 Å². The second-order valence-corrected chi connectivity index (χ2v) is 6.67. The van der Waals surface area contributed by atoms with Crippen molar-refractivity contribution in [2.75, 3.05) is 25.0 Å². The Hall–Kier alpha value is -3.20. The molecule has 29 heavy (non-hydrogen) atoms. The van der Waals surface area contributed by atoms with Crippen molar-refractivity contribution in [2.24, 2.45) is 0 Å². The number of benzene rings is 1. The van der Waals surface area contributed by atoms with Gasteiger partial charge >= 0.3 is 0 Å². The number of piperazine rings is 1. The number of carbonyl (C=O) groups is 3. The van der Waals surface area contributed by atoms with Crippen LogP contribution in [-0.4, -0.2) is 69.9 Å². The summed E-state index contributed by atoms with van der Waals surface area (Å²) in [5.41, 5.74) is 0.744. The maximum absolute atomic E-state index is 13.7. The molecule has 3 rings (SSSR count). The van der Waals surface area contributed by atoms with Crippen LogP contribution in [0.2, 0.25) is 0 Å². The zero-order valence-electron chi connectivity index (χ0n) is 16.3. The van der Waals surface area contributed by atoms with E-state index in [1.807, 2.05) is 23.6 Å².